The number of carbonyl (C=O) groups excluding carboxylic acids is 1. The van der Waals surface area contributed by atoms with Crippen LogP contribution in [-0.2, 0) is 9.53 Å². The Hall–Kier alpha value is -0.610. The number of amides is 1. The van der Waals surface area contributed by atoms with E-state index >= 15 is 0 Å². The van der Waals surface area contributed by atoms with Crippen molar-refractivity contribution in [3.63, 3.8) is 0 Å². The lowest BCUT2D eigenvalue weighted by molar-refractivity contribution is -0.123. The molecule has 1 amide bonds. The second-order valence-corrected chi connectivity index (χ2v) is 4.04. The lowest BCUT2D eigenvalue weighted by atomic mass is 10.3. The predicted molar refractivity (Wildman–Crippen MR) is 59.7 cm³/mol. The Bertz CT molecular complexity index is 209. The van der Waals surface area contributed by atoms with Crippen LogP contribution < -0.4 is 10.6 Å². The van der Waals surface area contributed by atoms with E-state index in [9.17, 15) is 4.79 Å². The molecule has 0 bridgehead atoms. The number of likely N-dealkylation sites (N-methyl/N-ethyl adjacent to an activating group) is 1. The van der Waals surface area contributed by atoms with Crippen molar-refractivity contribution in [2.45, 2.75) is 39.3 Å². The first-order valence-corrected chi connectivity index (χ1v) is 5.81. The molecule has 0 spiro atoms. The Morgan fingerprint density at radius 3 is 2.87 bits per heavy atom. The van der Waals surface area contributed by atoms with Gasteiger partial charge in [-0.1, -0.05) is 6.92 Å². The SMILES string of the molecule is CCN[C@H](C)CNC(=O)C1CC1OCC. The smallest absolute Gasteiger partial charge is 0.225 e. The van der Waals surface area contributed by atoms with Gasteiger partial charge in [0.2, 0.25) is 5.91 Å². The molecule has 3 atom stereocenters. The summed E-state index contributed by atoms with van der Waals surface area (Å²) < 4.78 is 5.36. The first-order valence-electron chi connectivity index (χ1n) is 5.81. The quantitative estimate of drug-likeness (QED) is 0.650. The lowest BCUT2D eigenvalue weighted by Gasteiger charge is -2.13. The van der Waals surface area contributed by atoms with Crippen molar-refractivity contribution in [3.8, 4) is 0 Å². The van der Waals surface area contributed by atoms with Crippen LogP contribution in [-0.4, -0.2) is 37.7 Å². The minimum atomic E-state index is 0.0961. The summed E-state index contributed by atoms with van der Waals surface area (Å²) >= 11 is 0. The molecule has 0 aromatic carbocycles. The van der Waals surface area contributed by atoms with Gasteiger partial charge >= 0.3 is 0 Å². The third kappa shape index (κ3) is 4.18. The van der Waals surface area contributed by atoms with Crippen LogP contribution in [0.5, 0.6) is 0 Å². The molecule has 1 fully saturated rings. The van der Waals surface area contributed by atoms with E-state index in [1.807, 2.05) is 6.92 Å². The van der Waals surface area contributed by atoms with Crippen molar-refractivity contribution < 1.29 is 9.53 Å². The zero-order chi connectivity index (χ0) is 11.3. The van der Waals surface area contributed by atoms with Gasteiger partial charge in [-0.15, -0.1) is 0 Å². The van der Waals surface area contributed by atoms with Gasteiger partial charge in [-0.05, 0) is 26.8 Å². The molecule has 4 nitrogen and oxygen atoms in total. The third-order valence-corrected chi connectivity index (χ3v) is 2.58. The van der Waals surface area contributed by atoms with E-state index in [-0.39, 0.29) is 17.9 Å². The van der Waals surface area contributed by atoms with Crippen molar-refractivity contribution in [2.75, 3.05) is 19.7 Å². The van der Waals surface area contributed by atoms with Gasteiger partial charge in [0.25, 0.3) is 0 Å². The number of hydrogen-bond acceptors (Lipinski definition) is 3. The molecule has 0 saturated heterocycles. The molecule has 4 heteroatoms. The summed E-state index contributed by atoms with van der Waals surface area (Å²) in [5, 5.41) is 6.19. The van der Waals surface area contributed by atoms with Crippen LogP contribution in [0.3, 0.4) is 0 Å². The highest BCUT2D eigenvalue weighted by molar-refractivity contribution is 5.82. The van der Waals surface area contributed by atoms with Crippen molar-refractivity contribution >= 4 is 5.91 Å². The summed E-state index contributed by atoms with van der Waals surface area (Å²) in [5.74, 6) is 0.233. The molecule has 0 aromatic heterocycles. The predicted octanol–water partition coefficient (Wildman–Crippen LogP) is 0.526. The molecule has 0 aliphatic heterocycles. The van der Waals surface area contributed by atoms with Crippen LogP contribution in [0.1, 0.15) is 27.2 Å². The Morgan fingerprint density at radius 2 is 2.27 bits per heavy atom. The van der Waals surface area contributed by atoms with E-state index in [0.29, 0.717) is 19.2 Å². The largest absolute Gasteiger partial charge is 0.378 e. The van der Waals surface area contributed by atoms with Crippen LogP contribution >= 0.6 is 0 Å². The van der Waals surface area contributed by atoms with Crippen LogP contribution in [0, 0.1) is 5.92 Å². The number of hydrogen-bond donors (Lipinski definition) is 2. The molecule has 0 radical (unpaired) electrons. The summed E-state index contributed by atoms with van der Waals surface area (Å²) in [6.07, 6.45) is 1.05. The number of nitrogens with one attached hydrogen (secondary N) is 2. The molecule has 0 heterocycles. The molecule has 15 heavy (non-hydrogen) atoms. The van der Waals surface area contributed by atoms with E-state index in [4.69, 9.17) is 4.74 Å². The van der Waals surface area contributed by atoms with Crippen molar-refractivity contribution in [1.29, 1.82) is 0 Å². The summed E-state index contributed by atoms with van der Waals surface area (Å²) in [6.45, 7) is 8.41. The Kier molecular flexibility index (Phi) is 5.05. The topological polar surface area (TPSA) is 50.4 Å². The zero-order valence-corrected chi connectivity index (χ0v) is 9.88. The monoisotopic (exact) mass is 214 g/mol. The number of ether oxygens (including phenoxy) is 1. The van der Waals surface area contributed by atoms with Crippen LogP contribution in [0.15, 0.2) is 0 Å². The Morgan fingerprint density at radius 1 is 1.53 bits per heavy atom. The maximum Gasteiger partial charge on any atom is 0.225 e. The summed E-state index contributed by atoms with van der Waals surface area (Å²) in [4.78, 5) is 11.6. The molecular weight excluding hydrogens is 192 g/mol. The molecule has 1 aliphatic rings. The molecular formula is C11H22N2O2. The van der Waals surface area contributed by atoms with Crippen LogP contribution in [0.25, 0.3) is 0 Å². The zero-order valence-electron chi connectivity index (χ0n) is 9.88. The van der Waals surface area contributed by atoms with E-state index in [1.165, 1.54) is 0 Å². The summed E-state index contributed by atoms with van der Waals surface area (Å²) in [7, 11) is 0. The maximum absolute atomic E-state index is 11.6. The second-order valence-electron chi connectivity index (χ2n) is 4.04. The van der Waals surface area contributed by atoms with Gasteiger partial charge in [-0.3, -0.25) is 4.79 Å². The first-order chi connectivity index (χ1) is 7.19. The van der Waals surface area contributed by atoms with Gasteiger partial charge in [-0.25, -0.2) is 0 Å². The van der Waals surface area contributed by atoms with Crippen molar-refractivity contribution in [3.05, 3.63) is 0 Å². The average molecular weight is 214 g/mol. The molecule has 2 unspecified atom stereocenters. The lowest BCUT2D eigenvalue weighted by Crippen LogP contribution is -2.39. The maximum atomic E-state index is 11.6. The molecule has 88 valence electrons. The fraction of sp³-hybridized carbons (Fsp3) is 0.909. The molecule has 1 saturated carbocycles. The number of rotatable bonds is 7. The minimum Gasteiger partial charge on any atom is -0.378 e. The standard InChI is InChI=1S/C11H22N2O2/c1-4-12-8(3)7-13-11(14)9-6-10(9)15-5-2/h8-10,12H,4-7H2,1-3H3,(H,13,14)/t8-,9?,10?/m1/s1. The van der Waals surface area contributed by atoms with Gasteiger partial charge in [0.15, 0.2) is 0 Å². The van der Waals surface area contributed by atoms with Crippen molar-refractivity contribution in [2.24, 2.45) is 5.92 Å². The normalized spacial score (nSPS) is 26.1. The fourth-order valence-corrected chi connectivity index (χ4v) is 1.65. The average Bonchev–Trinajstić information content (AvgIpc) is 2.95. The Labute approximate surface area is 91.8 Å². The van der Waals surface area contributed by atoms with E-state index in [1.54, 1.807) is 0 Å². The molecule has 0 aromatic rings. The summed E-state index contributed by atoms with van der Waals surface area (Å²) in [6, 6.07) is 0.336. The highest BCUT2D eigenvalue weighted by Gasteiger charge is 2.43. The highest BCUT2D eigenvalue weighted by atomic mass is 16.5. The molecule has 1 aliphatic carbocycles. The van der Waals surface area contributed by atoms with Crippen LogP contribution in [0.2, 0.25) is 0 Å². The fourth-order valence-electron chi connectivity index (χ4n) is 1.65. The molecule has 2 N–H and O–H groups in total. The van der Waals surface area contributed by atoms with E-state index in [2.05, 4.69) is 24.5 Å². The Balaban J connectivity index is 2.10. The minimum absolute atomic E-state index is 0.0961. The number of carbonyl (C=O) groups is 1. The summed E-state index contributed by atoms with van der Waals surface area (Å²) in [5.41, 5.74) is 0. The molecule has 1 rings (SSSR count). The first kappa shape index (κ1) is 12.5. The van der Waals surface area contributed by atoms with E-state index in [0.717, 1.165) is 13.0 Å². The van der Waals surface area contributed by atoms with Gasteiger partial charge in [0.05, 0.1) is 12.0 Å². The third-order valence-electron chi connectivity index (χ3n) is 2.58. The second kappa shape index (κ2) is 6.08. The highest BCUT2D eigenvalue weighted by Crippen LogP contribution is 2.33. The van der Waals surface area contributed by atoms with Gasteiger partial charge in [0, 0.05) is 19.2 Å². The van der Waals surface area contributed by atoms with E-state index < -0.39 is 0 Å². The van der Waals surface area contributed by atoms with Gasteiger partial charge in [-0.2, -0.15) is 0 Å². The van der Waals surface area contributed by atoms with Crippen LogP contribution in [0.4, 0.5) is 0 Å². The van der Waals surface area contributed by atoms with Gasteiger partial charge < -0.3 is 15.4 Å². The van der Waals surface area contributed by atoms with Gasteiger partial charge in [0.1, 0.15) is 0 Å². The van der Waals surface area contributed by atoms with Crippen molar-refractivity contribution in [1.82, 2.24) is 10.6 Å².